The van der Waals surface area contributed by atoms with Crippen LogP contribution in [0.5, 0.6) is 0 Å². The van der Waals surface area contributed by atoms with Crippen molar-refractivity contribution in [2.45, 2.75) is 6.54 Å². The summed E-state index contributed by atoms with van der Waals surface area (Å²) >= 11 is 3.24. The van der Waals surface area contributed by atoms with Gasteiger partial charge in [-0.25, -0.2) is 4.39 Å². The highest BCUT2D eigenvalue weighted by Crippen LogP contribution is 2.17. The molecule has 0 fully saturated rings. The third-order valence-electron chi connectivity index (χ3n) is 1.38. The van der Waals surface area contributed by atoms with Crippen LogP contribution in [0.2, 0.25) is 0 Å². The molecule has 0 heterocycles. The Bertz CT molecular complexity index is 290. The van der Waals surface area contributed by atoms with Gasteiger partial charge >= 0.3 is 0 Å². The number of nitrogens with one attached hydrogen (secondary N) is 1. The van der Waals surface area contributed by atoms with Crippen LogP contribution in [0.25, 0.3) is 0 Å². The van der Waals surface area contributed by atoms with E-state index in [0.29, 0.717) is 13.0 Å². The molecule has 0 atom stereocenters. The highest BCUT2D eigenvalue weighted by molar-refractivity contribution is 9.10. The summed E-state index contributed by atoms with van der Waals surface area (Å²) in [6.45, 7) is 0.335. The monoisotopic (exact) mass is 231 g/mol. The minimum Gasteiger partial charge on any atom is -0.355 e. The van der Waals surface area contributed by atoms with Gasteiger partial charge in [0, 0.05) is 11.0 Å². The molecule has 1 N–H and O–H groups in total. The van der Waals surface area contributed by atoms with Crippen molar-refractivity contribution in [3.8, 4) is 0 Å². The maximum absolute atomic E-state index is 12.6. The molecule has 1 amide bonds. The summed E-state index contributed by atoms with van der Waals surface area (Å²) in [6.07, 6.45) is 0.581. The lowest BCUT2D eigenvalue weighted by atomic mass is 10.2. The van der Waals surface area contributed by atoms with Crippen LogP contribution in [-0.4, -0.2) is 6.41 Å². The third kappa shape index (κ3) is 2.30. The van der Waals surface area contributed by atoms with Crippen LogP contribution in [0, 0.1) is 5.82 Å². The quantitative estimate of drug-likeness (QED) is 0.791. The molecule has 4 heteroatoms. The number of carbonyl (C=O) groups is 1. The van der Waals surface area contributed by atoms with Gasteiger partial charge in [0.15, 0.2) is 0 Å². The van der Waals surface area contributed by atoms with Crippen LogP contribution >= 0.6 is 15.9 Å². The molecule has 0 aliphatic carbocycles. The van der Waals surface area contributed by atoms with Crippen LogP contribution < -0.4 is 5.32 Å². The van der Waals surface area contributed by atoms with Gasteiger partial charge in [-0.05, 0) is 23.8 Å². The largest absolute Gasteiger partial charge is 0.355 e. The van der Waals surface area contributed by atoms with Crippen LogP contribution in [-0.2, 0) is 11.3 Å². The fourth-order valence-corrected chi connectivity index (χ4v) is 1.22. The summed E-state index contributed by atoms with van der Waals surface area (Å²) in [5.41, 5.74) is 0.724. The maximum atomic E-state index is 12.6. The van der Waals surface area contributed by atoms with E-state index in [1.807, 2.05) is 0 Å². The lowest BCUT2D eigenvalue weighted by Gasteiger charge is -2.02. The molecule has 0 saturated heterocycles. The number of amides is 1. The lowest BCUT2D eigenvalue weighted by Crippen LogP contribution is -2.10. The molecule has 12 heavy (non-hydrogen) atoms. The molecular formula is C8H7BrFNO. The number of carbonyl (C=O) groups excluding carboxylic acids is 1. The lowest BCUT2D eigenvalue weighted by molar-refractivity contribution is -0.109. The Kier molecular flexibility index (Phi) is 3.22. The van der Waals surface area contributed by atoms with Crippen molar-refractivity contribution >= 4 is 22.3 Å². The summed E-state index contributed by atoms with van der Waals surface area (Å²) < 4.78 is 13.4. The van der Waals surface area contributed by atoms with E-state index in [1.165, 1.54) is 12.1 Å². The van der Waals surface area contributed by atoms with Gasteiger partial charge in [-0.1, -0.05) is 15.9 Å². The smallest absolute Gasteiger partial charge is 0.207 e. The molecule has 0 bridgehead atoms. The molecule has 1 aromatic carbocycles. The first-order valence-corrected chi connectivity index (χ1v) is 4.14. The van der Waals surface area contributed by atoms with Crippen molar-refractivity contribution in [1.29, 1.82) is 0 Å². The van der Waals surface area contributed by atoms with Gasteiger partial charge in [-0.2, -0.15) is 0 Å². The second-order valence-corrected chi connectivity index (χ2v) is 3.09. The molecule has 0 aliphatic heterocycles. The average Bonchev–Trinajstić information content (AvgIpc) is 2.07. The SMILES string of the molecule is O=CNCc1cc(F)ccc1Br. The molecule has 1 rings (SSSR count). The fraction of sp³-hybridized carbons (Fsp3) is 0.125. The van der Waals surface area contributed by atoms with Crippen molar-refractivity contribution in [2.24, 2.45) is 0 Å². The summed E-state index contributed by atoms with van der Waals surface area (Å²) in [5.74, 6) is -0.305. The van der Waals surface area contributed by atoms with E-state index in [-0.39, 0.29) is 5.82 Å². The van der Waals surface area contributed by atoms with Gasteiger partial charge in [0.2, 0.25) is 6.41 Å². The van der Waals surface area contributed by atoms with E-state index in [9.17, 15) is 9.18 Å². The zero-order valence-corrected chi connectivity index (χ0v) is 7.77. The van der Waals surface area contributed by atoms with Gasteiger partial charge in [-0.15, -0.1) is 0 Å². The summed E-state index contributed by atoms with van der Waals surface area (Å²) in [5, 5.41) is 2.46. The van der Waals surface area contributed by atoms with E-state index in [1.54, 1.807) is 6.07 Å². The van der Waals surface area contributed by atoms with Gasteiger partial charge in [0.25, 0.3) is 0 Å². The Morgan fingerprint density at radius 3 is 3.00 bits per heavy atom. The molecule has 0 aliphatic rings. The second-order valence-electron chi connectivity index (χ2n) is 2.23. The van der Waals surface area contributed by atoms with E-state index < -0.39 is 0 Å². The zero-order chi connectivity index (χ0) is 8.97. The molecule has 0 unspecified atom stereocenters. The zero-order valence-electron chi connectivity index (χ0n) is 6.18. The highest BCUT2D eigenvalue weighted by Gasteiger charge is 1.99. The summed E-state index contributed by atoms with van der Waals surface area (Å²) in [6, 6.07) is 4.34. The number of benzene rings is 1. The van der Waals surface area contributed by atoms with Gasteiger partial charge in [0.1, 0.15) is 5.82 Å². The Balaban J connectivity index is 2.82. The molecule has 2 nitrogen and oxygen atoms in total. The van der Waals surface area contributed by atoms with E-state index in [2.05, 4.69) is 21.2 Å². The number of halogens is 2. The number of hydrogen-bond acceptors (Lipinski definition) is 1. The first-order valence-electron chi connectivity index (χ1n) is 3.35. The molecule has 0 radical (unpaired) electrons. The molecule has 64 valence electrons. The second kappa shape index (κ2) is 4.21. The minimum atomic E-state index is -0.305. The van der Waals surface area contributed by atoms with Gasteiger partial charge in [0.05, 0.1) is 0 Å². The molecular weight excluding hydrogens is 225 g/mol. The van der Waals surface area contributed by atoms with E-state index in [4.69, 9.17) is 0 Å². The van der Waals surface area contributed by atoms with Gasteiger partial charge in [-0.3, -0.25) is 4.79 Å². The Morgan fingerprint density at radius 2 is 2.33 bits per heavy atom. The first kappa shape index (κ1) is 9.19. The van der Waals surface area contributed by atoms with E-state index in [0.717, 1.165) is 10.0 Å². The van der Waals surface area contributed by atoms with E-state index >= 15 is 0 Å². The number of rotatable bonds is 3. The molecule has 1 aromatic rings. The topological polar surface area (TPSA) is 29.1 Å². The van der Waals surface area contributed by atoms with Crippen molar-refractivity contribution < 1.29 is 9.18 Å². The maximum Gasteiger partial charge on any atom is 0.207 e. The minimum absolute atomic E-state index is 0.305. The fourth-order valence-electron chi connectivity index (χ4n) is 0.830. The van der Waals surface area contributed by atoms with Crippen LogP contribution in [0.1, 0.15) is 5.56 Å². The van der Waals surface area contributed by atoms with Crippen molar-refractivity contribution in [1.82, 2.24) is 5.32 Å². The van der Waals surface area contributed by atoms with Crippen LogP contribution in [0.3, 0.4) is 0 Å². The van der Waals surface area contributed by atoms with Crippen LogP contribution in [0.4, 0.5) is 4.39 Å². The predicted octanol–water partition coefficient (Wildman–Crippen LogP) is 1.83. The van der Waals surface area contributed by atoms with Crippen molar-refractivity contribution in [3.63, 3.8) is 0 Å². The Labute approximate surface area is 77.9 Å². The first-order chi connectivity index (χ1) is 5.74. The summed E-state index contributed by atoms with van der Waals surface area (Å²) in [7, 11) is 0. The van der Waals surface area contributed by atoms with Crippen molar-refractivity contribution in [3.05, 3.63) is 34.1 Å². The molecule has 0 spiro atoms. The van der Waals surface area contributed by atoms with Crippen molar-refractivity contribution in [2.75, 3.05) is 0 Å². The predicted molar refractivity (Wildman–Crippen MR) is 47.0 cm³/mol. The number of hydrogen-bond donors (Lipinski definition) is 1. The highest BCUT2D eigenvalue weighted by atomic mass is 79.9. The summed E-state index contributed by atoms with van der Waals surface area (Å²) in [4.78, 5) is 9.95. The van der Waals surface area contributed by atoms with Crippen LogP contribution in [0.15, 0.2) is 22.7 Å². The average molecular weight is 232 g/mol. The Hall–Kier alpha value is -0.900. The standard InChI is InChI=1S/C8H7BrFNO/c9-8-2-1-7(10)3-6(8)4-11-5-12/h1-3,5H,4H2,(H,11,12). The molecule has 0 aromatic heterocycles. The third-order valence-corrected chi connectivity index (χ3v) is 2.16. The normalized spacial score (nSPS) is 9.50. The molecule has 0 saturated carbocycles. The Morgan fingerprint density at radius 1 is 1.58 bits per heavy atom. The van der Waals surface area contributed by atoms with Gasteiger partial charge < -0.3 is 5.32 Å².